The molecule has 8 heteroatoms. The van der Waals surface area contributed by atoms with Crippen LogP contribution in [0.25, 0.3) is 16.8 Å². The number of benzene rings is 3. The summed E-state index contributed by atoms with van der Waals surface area (Å²) in [5.74, 6) is -0.443. The van der Waals surface area contributed by atoms with Crippen molar-refractivity contribution in [3.05, 3.63) is 101 Å². The normalized spacial score (nSPS) is 10.5. The third kappa shape index (κ3) is 3.72. The molecule has 4 rings (SSSR count). The number of nitro groups is 1. The van der Waals surface area contributed by atoms with Gasteiger partial charge in [-0.2, -0.15) is 5.10 Å². The summed E-state index contributed by atoms with van der Waals surface area (Å²) in [5, 5.41) is 18.3. The SMILES string of the molecule is O=C(Nc1ccccc1-c1ccccc1)c1ccc(-n2cncn2)c([N+](=O)[O-])c1. The number of nitrogens with zero attached hydrogens (tertiary/aromatic N) is 4. The Bertz CT molecular complexity index is 1170. The number of nitrogens with one attached hydrogen (secondary N) is 1. The van der Waals surface area contributed by atoms with Gasteiger partial charge >= 0.3 is 0 Å². The third-order valence-electron chi connectivity index (χ3n) is 4.36. The maximum atomic E-state index is 12.8. The van der Waals surface area contributed by atoms with E-state index in [0.29, 0.717) is 5.69 Å². The van der Waals surface area contributed by atoms with Gasteiger partial charge in [-0.05, 0) is 23.8 Å². The molecule has 3 aromatic carbocycles. The molecular formula is C21H15N5O3. The Hall–Kier alpha value is -4.33. The van der Waals surface area contributed by atoms with Crippen molar-refractivity contribution in [1.29, 1.82) is 0 Å². The molecule has 1 N–H and O–H groups in total. The van der Waals surface area contributed by atoms with Crippen LogP contribution >= 0.6 is 0 Å². The lowest BCUT2D eigenvalue weighted by molar-refractivity contribution is -0.384. The number of carbonyl (C=O) groups is 1. The molecule has 0 bridgehead atoms. The van der Waals surface area contributed by atoms with Crippen molar-refractivity contribution < 1.29 is 9.72 Å². The smallest absolute Gasteiger partial charge is 0.295 e. The molecule has 4 aromatic rings. The topological polar surface area (TPSA) is 103 Å². The lowest BCUT2D eigenvalue weighted by Crippen LogP contribution is -2.13. The number of anilines is 1. The van der Waals surface area contributed by atoms with Crippen LogP contribution in [0.2, 0.25) is 0 Å². The number of aromatic nitrogens is 3. The number of nitro benzene ring substituents is 1. The predicted octanol–water partition coefficient (Wildman–Crippen LogP) is 4.09. The van der Waals surface area contributed by atoms with E-state index in [4.69, 9.17) is 0 Å². The van der Waals surface area contributed by atoms with Gasteiger partial charge in [-0.25, -0.2) is 9.67 Å². The van der Waals surface area contributed by atoms with Crippen LogP contribution < -0.4 is 5.32 Å². The fourth-order valence-corrected chi connectivity index (χ4v) is 2.99. The monoisotopic (exact) mass is 385 g/mol. The second-order valence-electron chi connectivity index (χ2n) is 6.17. The van der Waals surface area contributed by atoms with Crippen LogP contribution in [0.5, 0.6) is 0 Å². The molecule has 0 aliphatic carbocycles. The Morgan fingerprint density at radius 2 is 1.76 bits per heavy atom. The maximum absolute atomic E-state index is 12.8. The van der Waals surface area contributed by atoms with Crippen molar-refractivity contribution in [1.82, 2.24) is 14.8 Å². The van der Waals surface area contributed by atoms with Gasteiger partial charge in [0.25, 0.3) is 11.6 Å². The standard InChI is InChI=1S/C21H15N5O3/c27-21(24-18-9-5-4-8-17(18)15-6-2-1-3-7-15)16-10-11-19(20(12-16)26(28)29)25-14-22-13-23-25/h1-14H,(H,24,27). The first-order chi connectivity index (χ1) is 14.1. The van der Waals surface area contributed by atoms with Crippen molar-refractivity contribution in [3.63, 3.8) is 0 Å². The van der Waals surface area contributed by atoms with Crippen molar-refractivity contribution in [2.45, 2.75) is 0 Å². The molecule has 0 saturated heterocycles. The minimum Gasteiger partial charge on any atom is -0.321 e. The van der Waals surface area contributed by atoms with Crippen LogP contribution in [0.15, 0.2) is 85.5 Å². The summed E-state index contributed by atoms with van der Waals surface area (Å²) in [6.45, 7) is 0. The summed E-state index contributed by atoms with van der Waals surface area (Å²) in [7, 11) is 0. The fraction of sp³-hybridized carbons (Fsp3) is 0. The molecule has 1 aromatic heterocycles. The first-order valence-corrected chi connectivity index (χ1v) is 8.73. The first kappa shape index (κ1) is 18.1. The molecule has 142 valence electrons. The molecule has 0 saturated carbocycles. The van der Waals surface area contributed by atoms with Crippen molar-refractivity contribution >= 4 is 17.3 Å². The zero-order valence-corrected chi connectivity index (χ0v) is 15.1. The van der Waals surface area contributed by atoms with E-state index in [9.17, 15) is 14.9 Å². The summed E-state index contributed by atoms with van der Waals surface area (Å²) in [6.07, 6.45) is 2.64. The van der Waals surface area contributed by atoms with Crippen molar-refractivity contribution in [2.75, 3.05) is 5.32 Å². The molecule has 1 amide bonds. The summed E-state index contributed by atoms with van der Waals surface area (Å²) in [4.78, 5) is 27.6. The van der Waals surface area contributed by atoms with Gasteiger partial charge in [0.15, 0.2) is 0 Å². The Morgan fingerprint density at radius 1 is 1.00 bits per heavy atom. The predicted molar refractivity (Wildman–Crippen MR) is 108 cm³/mol. The number of carbonyl (C=O) groups excluding carboxylic acids is 1. The maximum Gasteiger partial charge on any atom is 0.295 e. The number of hydrogen-bond acceptors (Lipinski definition) is 5. The molecule has 29 heavy (non-hydrogen) atoms. The zero-order valence-electron chi connectivity index (χ0n) is 15.1. The van der Waals surface area contributed by atoms with E-state index in [1.54, 1.807) is 6.07 Å². The highest BCUT2D eigenvalue weighted by Gasteiger charge is 2.20. The van der Waals surface area contributed by atoms with E-state index in [2.05, 4.69) is 15.4 Å². The third-order valence-corrected chi connectivity index (χ3v) is 4.36. The summed E-state index contributed by atoms with van der Waals surface area (Å²) < 4.78 is 1.28. The van der Waals surface area contributed by atoms with Crippen molar-refractivity contribution in [3.8, 4) is 16.8 Å². The van der Waals surface area contributed by atoms with Crippen LogP contribution in [0.1, 0.15) is 10.4 Å². The molecule has 1 heterocycles. The Kier molecular flexibility index (Phi) is 4.81. The van der Waals surface area contributed by atoms with Gasteiger partial charge in [-0.1, -0.05) is 48.5 Å². The molecule has 0 spiro atoms. The van der Waals surface area contributed by atoms with Crippen molar-refractivity contribution in [2.24, 2.45) is 0 Å². The van der Waals surface area contributed by atoms with Gasteiger partial charge in [0.1, 0.15) is 18.3 Å². The minimum absolute atomic E-state index is 0.170. The van der Waals surface area contributed by atoms with E-state index in [0.717, 1.165) is 11.1 Å². The second kappa shape index (κ2) is 7.73. The van der Waals surface area contributed by atoms with Crippen LogP contribution in [-0.4, -0.2) is 25.6 Å². The van der Waals surface area contributed by atoms with Crippen LogP contribution in [0.4, 0.5) is 11.4 Å². The molecule has 0 radical (unpaired) electrons. The highest BCUT2D eigenvalue weighted by Crippen LogP contribution is 2.29. The summed E-state index contributed by atoms with van der Waals surface area (Å²) >= 11 is 0. The largest absolute Gasteiger partial charge is 0.321 e. The van der Waals surface area contributed by atoms with Gasteiger partial charge in [0, 0.05) is 22.9 Å². The first-order valence-electron chi connectivity index (χ1n) is 8.73. The molecule has 0 atom stereocenters. The van der Waals surface area contributed by atoms with Gasteiger partial charge in [0.2, 0.25) is 0 Å². The highest BCUT2D eigenvalue weighted by atomic mass is 16.6. The van der Waals surface area contributed by atoms with Gasteiger partial charge < -0.3 is 5.32 Å². The summed E-state index contributed by atoms with van der Waals surface area (Å²) in [6, 6.07) is 21.3. The average Bonchev–Trinajstić information content (AvgIpc) is 3.29. The van der Waals surface area contributed by atoms with E-state index in [-0.39, 0.29) is 16.9 Å². The quantitative estimate of drug-likeness (QED) is 0.412. The number of hydrogen-bond donors (Lipinski definition) is 1. The molecule has 8 nitrogen and oxygen atoms in total. The molecule has 0 aliphatic rings. The average molecular weight is 385 g/mol. The van der Waals surface area contributed by atoms with E-state index in [1.165, 1.54) is 35.5 Å². The number of amides is 1. The van der Waals surface area contributed by atoms with Gasteiger partial charge in [-0.15, -0.1) is 0 Å². The van der Waals surface area contributed by atoms with E-state index < -0.39 is 10.8 Å². The van der Waals surface area contributed by atoms with Crippen LogP contribution in [0.3, 0.4) is 0 Å². The fourth-order valence-electron chi connectivity index (χ4n) is 2.99. The molecule has 0 fully saturated rings. The lowest BCUT2D eigenvalue weighted by atomic mass is 10.0. The van der Waals surface area contributed by atoms with E-state index in [1.807, 2.05) is 48.5 Å². The Labute approximate surface area is 165 Å². The Balaban J connectivity index is 1.67. The molecule has 0 aliphatic heterocycles. The minimum atomic E-state index is -0.550. The second-order valence-corrected chi connectivity index (χ2v) is 6.17. The van der Waals surface area contributed by atoms with Crippen LogP contribution in [-0.2, 0) is 0 Å². The summed E-state index contributed by atoms with van der Waals surface area (Å²) in [5.41, 5.74) is 2.59. The zero-order chi connectivity index (χ0) is 20.2. The van der Waals surface area contributed by atoms with Gasteiger partial charge in [0.05, 0.1) is 4.92 Å². The highest BCUT2D eigenvalue weighted by molar-refractivity contribution is 6.06. The van der Waals surface area contributed by atoms with Gasteiger partial charge in [-0.3, -0.25) is 14.9 Å². The number of rotatable bonds is 5. The Morgan fingerprint density at radius 3 is 2.48 bits per heavy atom. The molecule has 0 unspecified atom stereocenters. The van der Waals surface area contributed by atoms with E-state index >= 15 is 0 Å². The number of para-hydroxylation sites is 1. The van der Waals surface area contributed by atoms with Crippen LogP contribution in [0, 0.1) is 10.1 Å². The molecular weight excluding hydrogens is 370 g/mol. The lowest BCUT2D eigenvalue weighted by Gasteiger charge is -2.12.